The molecule has 11 aromatic rings. The van der Waals surface area contributed by atoms with Crippen LogP contribution >= 0.6 is 0 Å². The fraction of sp³-hybridized carbons (Fsp3) is 0.0588. The molecule has 9 aromatic carbocycles. The van der Waals surface area contributed by atoms with E-state index in [9.17, 15) is 0 Å². The van der Waals surface area contributed by atoms with Gasteiger partial charge in [-0.3, -0.25) is 0 Å². The van der Waals surface area contributed by atoms with Crippen molar-refractivity contribution in [2.75, 3.05) is 0 Å². The zero-order valence-electron chi connectivity index (χ0n) is 29.6. The Bertz CT molecular complexity index is 3280. The normalized spacial score (nSPS) is 13.6. The molecule has 0 saturated heterocycles. The fourth-order valence-electron chi connectivity index (χ4n) is 9.85. The van der Waals surface area contributed by atoms with Crippen LogP contribution in [0.25, 0.3) is 98.4 Å². The second-order valence-corrected chi connectivity index (χ2v) is 15.3. The lowest BCUT2D eigenvalue weighted by Gasteiger charge is -2.21. The highest BCUT2D eigenvalue weighted by Crippen LogP contribution is 2.51. The Balaban J connectivity index is 1.20. The maximum Gasteiger partial charge on any atom is 0.0544 e. The topological polar surface area (TPSA) is 9.86 Å². The SMILES string of the molecule is CC1(C)c2ccccc2-c2cc3c4cc(-n5c6ccccc6c6ccccc65)ccc4n(-c4ccc5c6ccccc6c6ccccc6c5c4)c3cc21. The van der Waals surface area contributed by atoms with Gasteiger partial charge in [-0.15, -0.1) is 0 Å². The standard InChI is InChI=1S/C51H34N2/c1-51(2)45-20-10-7-17-38(45)42-29-44-43-28-32(52-47-21-11-8-18-39(47)40-19-9-12-22-48(40)52)24-26-49(43)53(50(44)30-46(42)51)31-23-25-37-35-15-4-3-13-33(35)34-14-5-6-16-36(34)41(37)27-31/h3-30H,1-2H3. The molecule has 12 rings (SSSR count). The van der Waals surface area contributed by atoms with E-state index < -0.39 is 0 Å². The first-order valence-corrected chi connectivity index (χ1v) is 18.6. The molecule has 0 radical (unpaired) electrons. The molecule has 2 aromatic heterocycles. The average molecular weight is 675 g/mol. The maximum atomic E-state index is 2.52. The molecular formula is C51H34N2. The molecule has 0 atom stereocenters. The lowest BCUT2D eigenvalue weighted by Crippen LogP contribution is -2.14. The quantitative estimate of drug-likeness (QED) is 0.162. The molecular weight excluding hydrogens is 641 g/mol. The minimum atomic E-state index is -0.103. The van der Waals surface area contributed by atoms with E-state index >= 15 is 0 Å². The van der Waals surface area contributed by atoms with Crippen LogP contribution in [0.2, 0.25) is 0 Å². The summed E-state index contributed by atoms with van der Waals surface area (Å²) in [5, 5.41) is 12.8. The summed E-state index contributed by atoms with van der Waals surface area (Å²) in [5.74, 6) is 0. The molecule has 0 spiro atoms. The van der Waals surface area contributed by atoms with Crippen LogP contribution in [0.4, 0.5) is 0 Å². The van der Waals surface area contributed by atoms with E-state index in [4.69, 9.17) is 0 Å². The smallest absolute Gasteiger partial charge is 0.0544 e. The van der Waals surface area contributed by atoms with Gasteiger partial charge in [0.1, 0.15) is 0 Å². The number of hydrogen-bond acceptors (Lipinski definition) is 0. The molecule has 0 aliphatic heterocycles. The van der Waals surface area contributed by atoms with Crippen molar-refractivity contribution >= 4 is 75.9 Å². The van der Waals surface area contributed by atoms with Crippen LogP contribution in [0, 0.1) is 0 Å². The molecule has 0 saturated carbocycles. The number of rotatable bonds is 2. The number of benzene rings is 9. The van der Waals surface area contributed by atoms with Crippen molar-refractivity contribution in [2.45, 2.75) is 19.3 Å². The zero-order chi connectivity index (χ0) is 35.0. The lowest BCUT2D eigenvalue weighted by molar-refractivity contribution is 0.661. The number of nitrogens with zero attached hydrogens (tertiary/aromatic N) is 2. The van der Waals surface area contributed by atoms with Crippen molar-refractivity contribution in [3.63, 3.8) is 0 Å². The molecule has 0 unspecified atom stereocenters. The largest absolute Gasteiger partial charge is 0.309 e. The van der Waals surface area contributed by atoms with Crippen molar-refractivity contribution < 1.29 is 0 Å². The van der Waals surface area contributed by atoms with Gasteiger partial charge in [0.2, 0.25) is 0 Å². The van der Waals surface area contributed by atoms with Crippen LogP contribution in [0.5, 0.6) is 0 Å². The summed E-state index contributed by atoms with van der Waals surface area (Å²) in [4.78, 5) is 0. The summed E-state index contributed by atoms with van der Waals surface area (Å²) < 4.78 is 4.95. The van der Waals surface area contributed by atoms with Gasteiger partial charge in [0.05, 0.1) is 22.1 Å². The fourth-order valence-corrected chi connectivity index (χ4v) is 9.85. The Morgan fingerprint density at radius 3 is 1.42 bits per heavy atom. The Morgan fingerprint density at radius 1 is 0.302 bits per heavy atom. The number of fused-ring (bicyclic) bond motifs is 15. The molecule has 0 fully saturated rings. The van der Waals surface area contributed by atoms with Crippen LogP contribution in [-0.4, -0.2) is 9.13 Å². The second kappa shape index (κ2) is 10.2. The van der Waals surface area contributed by atoms with Crippen molar-refractivity contribution in [1.82, 2.24) is 9.13 Å². The predicted octanol–water partition coefficient (Wildman–Crippen LogP) is 13.6. The van der Waals surface area contributed by atoms with E-state index in [1.165, 1.54) is 110 Å². The zero-order valence-corrected chi connectivity index (χ0v) is 29.6. The van der Waals surface area contributed by atoms with Crippen molar-refractivity contribution in [2.24, 2.45) is 0 Å². The number of aromatic nitrogens is 2. The van der Waals surface area contributed by atoms with E-state index in [0.717, 1.165) is 0 Å². The van der Waals surface area contributed by atoms with Gasteiger partial charge < -0.3 is 9.13 Å². The number of para-hydroxylation sites is 2. The van der Waals surface area contributed by atoms with Crippen molar-refractivity contribution in [3.05, 3.63) is 181 Å². The van der Waals surface area contributed by atoms with E-state index in [0.29, 0.717) is 0 Å². The van der Waals surface area contributed by atoms with Gasteiger partial charge in [-0.05, 0) is 109 Å². The molecule has 1 aliphatic carbocycles. The molecule has 2 heterocycles. The van der Waals surface area contributed by atoms with Gasteiger partial charge in [0.25, 0.3) is 0 Å². The number of hydrogen-bond donors (Lipinski definition) is 0. The predicted molar refractivity (Wildman–Crippen MR) is 225 cm³/mol. The van der Waals surface area contributed by atoms with Gasteiger partial charge in [-0.2, -0.15) is 0 Å². The van der Waals surface area contributed by atoms with E-state index in [1.807, 2.05) is 0 Å². The van der Waals surface area contributed by atoms with Crippen molar-refractivity contribution in [1.29, 1.82) is 0 Å². The van der Waals surface area contributed by atoms with Crippen LogP contribution in [0.15, 0.2) is 170 Å². The molecule has 0 amide bonds. The Kier molecular flexibility index (Phi) is 5.60. The van der Waals surface area contributed by atoms with Gasteiger partial charge in [0.15, 0.2) is 0 Å². The molecule has 2 heteroatoms. The molecule has 2 nitrogen and oxygen atoms in total. The Hall–Kier alpha value is -6.64. The molecule has 248 valence electrons. The minimum absolute atomic E-state index is 0.103. The third kappa shape index (κ3) is 3.77. The Morgan fingerprint density at radius 2 is 0.755 bits per heavy atom. The summed E-state index contributed by atoms with van der Waals surface area (Å²) >= 11 is 0. The van der Waals surface area contributed by atoms with E-state index in [1.54, 1.807) is 0 Å². The van der Waals surface area contributed by atoms with E-state index in [2.05, 4.69) is 193 Å². The van der Waals surface area contributed by atoms with Crippen LogP contribution < -0.4 is 0 Å². The van der Waals surface area contributed by atoms with Crippen molar-refractivity contribution in [3.8, 4) is 22.5 Å². The first-order valence-electron chi connectivity index (χ1n) is 18.6. The molecule has 0 N–H and O–H groups in total. The van der Waals surface area contributed by atoms with Crippen LogP contribution in [0.3, 0.4) is 0 Å². The van der Waals surface area contributed by atoms with Gasteiger partial charge >= 0.3 is 0 Å². The van der Waals surface area contributed by atoms with Gasteiger partial charge in [-0.25, -0.2) is 0 Å². The monoisotopic (exact) mass is 674 g/mol. The highest BCUT2D eigenvalue weighted by atomic mass is 15.0. The average Bonchev–Trinajstić information content (AvgIpc) is 3.80. The van der Waals surface area contributed by atoms with Crippen LogP contribution in [-0.2, 0) is 5.41 Å². The second-order valence-electron chi connectivity index (χ2n) is 15.3. The summed E-state index contributed by atoms with van der Waals surface area (Å²) in [6.45, 7) is 4.76. The summed E-state index contributed by atoms with van der Waals surface area (Å²) in [7, 11) is 0. The highest BCUT2D eigenvalue weighted by Gasteiger charge is 2.36. The molecule has 53 heavy (non-hydrogen) atoms. The minimum Gasteiger partial charge on any atom is -0.309 e. The first-order chi connectivity index (χ1) is 26.1. The summed E-state index contributed by atoms with van der Waals surface area (Å²) in [6, 6.07) is 63.4. The third-order valence-corrected chi connectivity index (χ3v) is 12.3. The van der Waals surface area contributed by atoms with Gasteiger partial charge in [-0.1, -0.05) is 129 Å². The Labute approximate surface area is 306 Å². The maximum absolute atomic E-state index is 2.52. The lowest BCUT2D eigenvalue weighted by atomic mass is 9.82. The molecule has 1 aliphatic rings. The first kappa shape index (κ1) is 29.0. The summed E-state index contributed by atoms with van der Waals surface area (Å²) in [6.07, 6.45) is 0. The summed E-state index contributed by atoms with van der Waals surface area (Å²) in [5.41, 5.74) is 12.6. The van der Waals surface area contributed by atoms with E-state index in [-0.39, 0.29) is 5.41 Å². The van der Waals surface area contributed by atoms with Gasteiger partial charge in [0, 0.05) is 38.3 Å². The third-order valence-electron chi connectivity index (χ3n) is 12.3. The highest BCUT2D eigenvalue weighted by molar-refractivity contribution is 6.26. The van der Waals surface area contributed by atoms with Crippen LogP contribution in [0.1, 0.15) is 25.0 Å². The molecule has 0 bridgehead atoms.